The van der Waals surface area contributed by atoms with Crippen molar-refractivity contribution in [2.24, 2.45) is 5.92 Å². The third-order valence-corrected chi connectivity index (χ3v) is 4.29. The van der Waals surface area contributed by atoms with Crippen LogP contribution in [-0.2, 0) is 16.1 Å². The molecule has 6 heteroatoms. The van der Waals surface area contributed by atoms with E-state index in [-0.39, 0.29) is 24.3 Å². The monoisotopic (exact) mass is 314 g/mol. The zero-order valence-electron chi connectivity index (χ0n) is 13.1. The van der Waals surface area contributed by atoms with Crippen molar-refractivity contribution in [1.29, 1.82) is 0 Å². The van der Waals surface area contributed by atoms with Gasteiger partial charge in [-0.1, -0.05) is 31.4 Å². The molecule has 0 bridgehead atoms. The average Bonchev–Trinajstić information content (AvgIpc) is 3.01. The van der Waals surface area contributed by atoms with Crippen LogP contribution in [0.1, 0.15) is 37.9 Å². The Labute approximate surface area is 135 Å². The van der Waals surface area contributed by atoms with E-state index in [1.807, 2.05) is 24.3 Å². The maximum absolute atomic E-state index is 12.0. The Morgan fingerprint density at radius 2 is 1.91 bits per heavy atom. The molecule has 1 aliphatic carbocycles. The first-order valence-corrected chi connectivity index (χ1v) is 8.20. The highest BCUT2D eigenvalue weighted by Gasteiger charge is 2.21. The van der Waals surface area contributed by atoms with E-state index in [4.69, 9.17) is 0 Å². The lowest BCUT2D eigenvalue weighted by Gasteiger charge is -2.20. The number of benzene rings is 1. The number of nitrogens with zero attached hydrogens (tertiary/aromatic N) is 1. The van der Waals surface area contributed by atoms with Crippen LogP contribution in [0.15, 0.2) is 24.3 Å². The zero-order valence-corrected chi connectivity index (χ0v) is 13.1. The van der Waals surface area contributed by atoms with Gasteiger partial charge in [-0.25, -0.2) is 4.98 Å². The number of carbonyl (C=O) groups is 2. The third-order valence-electron chi connectivity index (χ3n) is 4.29. The van der Waals surface area contributed by atoms with E-state index >= 15 is 0 Å². The molecule has 122 valence electrons. The second kappa shape index (κ2) is 7.26. The number of amides is 2. The van der Waals surface area contributed by atoms with E-state index in [2.05, 4.69) is 20.6 Å². The fourth-order valence-corrected chi connectivity index (χ4v) is 3.01. The summed E-state index contributed by atoms with van der Waals surface area (Å²) in [7, 11) is 0. The van der Waals surface area contributed by atoms with Crippen molar-refractivity contribution < 1.29 is 9.59 Å². The summed E-state index contributed by atoms with van der Waals surface area (Å²) >= 11 is 0. The number of fused-ring (bicyclic) bond motifs is 1. The number of hydrogen-bond donors (Lipinski definition) is 3. The summed E-state index contributed by atoms with van der Waals surface area (Å²) in [6.45, 7) is 0.350. The first-order chi connectivity index (χ1) is 11.2. The van der Waals surface area contributed by atoms with Crippen LogP contribution < -0.4 is 10.6 Å². The molecule has 2 aromatic rings. The van der Waals surface area contributed by atoms with E-state index in [1.54, 1.807) is 0 Å². The predicted molar refractivity (Wildman–Crippen MR) is 87.5 cm³/mol. The van der Waals surface area contributed by atoms with E-state index in [0.29, 0.717) is 12.4 Å². The van der Waals surface area contributed by atoms with E-state index in [0.717, 1.165) is 36.7 Å². The molecule has 3 N–H and O–H groups in total. The average molecular weight is 314 g/mol. The van der Waals surface area contributed by atoms with E-state index in [1.165, 1.54) is 6.42 Å². The SMILES string of the molecule is O=C(CNC(=O)C1CCCCC1)NCc1nc2ccccc2[nH]1. The predicted octanol–water partition coefficient (Wildman–Crippen LogP) is 1.88. The highest BCUT2D eigenvalue weighted by atomic mass is 16.2. The number of carbonyl (C=O) groups excluding carboxylic acids is 2. The number of para-hydroxylation sites is 2. The molecule has 0 atom stereocenters. The molecule has 2 amide bonds. The fraction of sp³-hybridized carbons (Fsp3) is 0.471. The van der Waals surface area contributed by atoms with Crippen molar-refractivity contribution in [2.75, 3.05) is 6.54 Å². The van der Waals surface area contributed by atoms with Crippen molar-refractivity contribution in [3.05, 3.63) is 30.1 Å². The molecule has 0 radical (unpaired) electrons. The molecule has 6 nitrogen and oxygen atoms in total. The second-order valence-electron chi connectivity index (χ2n) is 6.03. The molecule has 1 fully saturated rings. The quantitative estimate of drug-likeness (QED) is 0.787. The maximum atomic E-state index is 12.0. The maximum Gasteiger partial charge on any atom is 0.239 e. The second-order valence-corrected chi connectivity index (χ2v) is 6.03. The van der Waals surface area contributed by atoms with Crippen LogP contribution in [0, 0.1) is 5.92 Å². The minimum atomic E-state index is -0.199. The van der Waals surface area contributed by atoms with Crippen molar-refractivity contribution in [2.45, 2.75) is 38.6 Å². The lowest BCUT2D eigenvalue weighted by atomic mass is 9.89. The number of imidazole rings is 1. The lowest BCUT2D eigenvalue weighted by molar-refractivity contribution is -0.129. The number of nitrogens with one attached hydrogen (secondary N) is 3. The van der Waals surface area contributed by atoms with Gasteiger partial charge in [0.05, 0.1) is 24.1 Å². The van der Waals surface area contributed by atoms with E-state index < -0.39 is 0 Å². The largest absolute Gasteiger partial charge is 0.347 e. The molecule has 0 aliphatic heterocycles. The Bertz CT molecular complexity index is 656. The molecule has 23 heavy (non-hydrogen) atoms. The molecular weight excluding hydrogens is 292 g/mol. The summed E-state index contributed by atoms with van der Waals surface area (Å²) in [6, 6.07) is 7.72. The Hall–Kier alpha value is -2.37. The topological polar surface area (TPSA) is 86.9 Å². The summed E-state index contributed by atoms with van der Waals surface area (Å²) in [5, 5.41) is 5.50. The molecule has 3 rings (SSSR count). The summed E-state index contributed by atoms with van der Waals surface area (Å²) in [6.07, 6.45) is 5.30. The zero-order chi connectivity index (χ0) is 16.1. The van der Waals surface area contributed by atoms with Crippen LogP contribution in [0.25, 0.3) is 11.0 Å². The minimum Gasteiger partial charge on any atom is -0.347 e. The third kappa shape index (κ3) is 4.09. The summed E-state index contributed by atoms with van der Waals surface area (Å²) in [4.78, 5) is 31.4. The number of H-pyrrole nitrogens is 1. The van der Waals surface area contributed by atoms with E-state index in [9.17, 15) is 9.59 Å². The Balaban J connectivity index is 1.43. The molecule has 1 heterocycles. The lowest BCUT2D eigenvalue weighted by Crippen LogP contribution is -2.39. The Morgan fingerprint density at radius 3 is 2.70 bits per heavy atom. The molecule has 0 saturated heterocycles. The van der Waals surface area contributed by atoms with Crippen LogP contribution in [0.5, 0.6) is 0 Å². The summed E-state index contributed by atoms with van der Waals surface area (Å²) in [5.41, 5.74) is 1.82. The van der Waals surface area contributed by atoms with Crippen molar-refractivity contribution >= 4 is 22.8 Å². The van der Waals surface area contributed by atoms with Crippen LogP contribution in [0.4, 0.5) is 0 Å². The highest BCUT2D eigenvalue weighted by molar-refractivity contribution is 5.85. The molecule has 0 spiro atoms. The molecular formula is C17H22N4O2. The van der Waals surface area contributed by atoms with Gasteiger partial charge in [0.1, 0.15) is 5.82 Å². The number of rotatable bonds is 5. The smallest absolute Gasteiger partial charge is 0.239 e. The number of hydrogen-bond acceptors (Lipinski definition) is 3. The minimum absolute atomic E-state index is 0.00332. The molecule has 0 unspecified atom stereocenters. The summed E-state index contributed by atoms with van der Waals surface area (Å²) in [5.74, 6) is 0.586. The van der Waals surface area contributed by atoms with Crippen LogP contribution in [-0.4, -0.2) is 28.3 Å². The molecule has 1 saturated carbocycles. The molecule has 1 aromatic heterocycles. The van der Waals surface area contributed by atoms with Gasteiger partial charge in [-0.15, -0.1) is 0 Å². The Kier molecular flexibility index (Phi) is 4.90. The Morgan fingerprint density at radius 1 is 1.13 bits per heavy atom. The number of aromatic amines is 1. The molecule has 1 aromatic carbocycles. The van der Waals surface area contributed by atoms with Gasteiger partial charge in [0, 0.05) is 5.92 Å². The molecule has 1 aliphatic rings. The standard InChI is InChI=1S/C17H22N4O2/c22-16(11-19-17(23)12-6-2-1-3-7-12)18-10-15-20-13-8-4-5-9-14(13)21-15/h4-5,8-9,12H,1-3,6-7,10-11H2,(H,18,22)(H,19,23)(H,20,21). The van der Waals surface area contributed by atoms with Crippen LogP contribution >= 0.6 is 0 Å². The van der Waals surface area contributed by atoms with Crippen LogP contribution in [0.3, 0.4) is 0 Å². The van der Waals surface area contributed by atoms with Crippen molar-refractivity contribution in [3.63, 3.8) is 0 Å². The highest BCUT2D eigenvalue weighted by Crippen LogP contribution is 2.23. The van der Waals surface area contributed by atoms with Gasteiger partial charge in [-0.3, -0.25) is 9.59 Å². The fourth-order valence-electron chi connectivity index (χ4n) is 3.01. The first kappa shape index (κ1) is 15.5. The van der Waals surface area contributed by atoms with Crippen LogP contribution in [0.2, 0.25) is 0 Å². The van der Waals surface area contributed by atoms with Gasteiger partial charge < -0.3 is 15.6 Å². The summed E-state index contributed by atoms with van der Waals surface area (Å²) < 4.78 is 0. The van der Waals surface area contributed by atoms with Gasteiger partial charge in [0.2, 0.25) is 11.8 Å². The van der Waals surface area contributed by atoms with Crippen molar-refractivity contribution in [3.8, 4) is 0 Å². The van der Waals surface area contributed by atoms with Gasteiger partial charge >= 0.3 is 0 Å². The van der Waals surface area contributed by atoms with Gasteiger partial charge in [0.25, 0.3) is 0 Å². The normalized spacial score (nSPS) is 15.5. The van der Waals surface area contributed by atoms with Crippen molar-refractivity contribution in [1.82, 2.24) is 20.6 Å². The van der Waals surface area contributed by atoms with Gasteiger partial charge in [0.15, 0.2) is 0 Å². The van der Waals surface area contributed by atoms with Gasteiger partial charge in [-0.05, 0) is 25.0 Å². The number of aromatic nitrogens is 2. The first-order valence-electron chi connectivity index (χ1n) is 8.20. The van der Waals surface area contributed by atoms with Gasteiger partial charge in [-0.2, -0.15) is 0 Å².